The molecule has 0 amide bonds. The fourth-order valence-electron chi connectivity index (χ4n) is 2.93. The van der Waals surface area contributed by atoms with Crippen molar-refractivity contribution in [2.24, 2.45) is 0 Å². The molecule has 0 spiro atoms. The third kappa shape index (κ3) is 4.86. The number of nitro benzene ring substituents is 1. The highest BCUT2D eigenvalue weighted by Crippen LogP contribution is 2.35. The van der Waals surface area contributed by atoms with Gasteiger partial charge in [0.2, 0.25) is 5.75 Å². The molecule has 0 heterocycles. The average molecular weight is 381 g/mol. The minimum atomic E-state index is -0.438. The third-order valence-electron chi connectivity index (χ3n) is 4.09. The first kappa shape index (κ1) is 18.9. The highest BCUT2D eigenvalue weighted by molar-refractivity contribution is 6.32. The molecule has 137 valence electrons. The zero-order chi connectivity index (χ0) is 19.4. The van der Waals surface area contributed by atoms with E-state index in [1.54, 1.807) is 36.4 Å². The van der Waals surface area contributed by atoms with Crippen molar-refractivity contribution in [1.29, 1.82) is 0 Å². The Bertz CT molecular complexity index is 965. The van der Waals surface area contributed by atoms with Crippen LogP contribution in [-0.2, 0) is 6.42 Å². The number of nitro groups is 1. The van der Waals surface area contributed by atoms with Crippen molar-refractivity contribution in [3.63, 3.8) is 0 Å². The summed E-state index contributed by atoms with van der Waals surface area (Å²) in [5.41, 5.74) is 4.24. The van der Waals surface area contributed by atoms with Gasteiger partial charge < -0.3 is 4.74 Å². The van der Waals surface area contributed by atoms with E-state index in [1.807, 2.05) is 6.07 Å². The van der Waals surface area contributed by atoms with E-state index in [-0.39, 0.29) is 11.4 Å². The molecule has 0 atom stereocenters. The fourth-order valence-corrected chi connectivity index (χ4v) is 3.10. The Kier molecular flexibility index (Phi) is 5.77. The van der Waals surface area contributed by atoms with Gasteiger partial charge in [-0.05, 0) is 56.0 Å². The van der Waals surface area contributed by atoms with E-state index in [9.17, 15) is 10.1 Å². The van der Waals surface area contributed by atoms with Gasteiger partial charge in [0.1, 0.15) is 5.75 Å². The molecule has 4 nitrogen and oxygen atoms in total. The van der Waals surface area contributed by atoms with Crippen molar-refractivity contribution in [3.8, 4) is 11.5 Å². The highest BCUT2D eigenvalue weighted by Gasteiger charge is 2.17. The van der Waals surface area contributed by atoms with Gasteiger partial charge in [0.15, 0.2) is 0 Å². The predicted molar refractivity (Wildman–Crippen MR) is 108 cm³/mol. The number of aryl methyl sites for hydroxylation is 2. The summed E-state index contributed by atoms with van der Waals surface area (Å²) in [6.07, 6.45) is 2.66. The maximum atomic E-state index is 11.5. The first-order chi connectivity index (χ1) is 12.9. The fraction of sp³-hybridized carbons (Fsp3) is 0.136. The van der Waals surface area contributed by atoms with E-state index in [2.05, 4.69) is 38.5 Å². The Labute approximate surface area is 163 Å². The predicted octanol–water partition coefficient (Wildman–Crippen LogP) is 6.45. The Balaban J connectivity index is 1.81. The molecular formula is C22H19ClNO3. The second kappa shape index (κ2) is 8.23. The van der Waals surface area contributed by atoms with Crippen LogP contribution in [0.15, 0.2) is 60.7 Å². The van der Waals surface area contributed by atoms with Crippen LogP contribution in [0.25, 0.3) is 0 Å². The van der Waals surface area contributed by atoms with Crippen molar-refractivity contribution < 1.29 is 9.66 Å². The van der Waals surface area contributed by atoms with Gasteiger partial charge in [-0.25, -0.2) is 0 Å². The number of para-hydroxylation sites is 1. The monoisotopic (exact) mass is 380 g/mol. The van der Waals surface area contributed by atoms with E-state index in [1.165, 1.54) is 11.1 Å². The third-order valence-corrected chi connectivity index (χ3v) is 4.41. The normalized spacial score (nSPS) is 10.6. The number of nitrogens with zero attached hydrogens (tertiary/aromatic N) is 1. The van der Waals surface area contributed by atoms with Gasteiger partial charge in [-0.1, -0.05) is 59.1 Å². The molecule has 0 bridgehead atoms. The lowest BCUT2D eigenvalue weighted by Crippen LogP contribution is -1.97. The van der Waals surface area contributed by atoms with Crippen LogP contribution in [0.5, 0.6) is 11.5 Å². The molecule has 3 rings (SSSR count). The molecule has 27 heavy (non-hydrogen) atoms. The lowest BCUT2D eigenvalue weighted by Gasteiger charge is -2.09. The molecular weight excluding hydrogens is 362 g/mol. The molecule has 0 aromatic heterocycles. The maximum Gasteiger partial charge on any atom is 0.311 e. The van der Waals surface area contributed by atoms with Gasteiger partial charge >= 0.3 is 5.69 Å². The summed E-state index contributed by atoms with van der Waals surface area (Å²) >= 11 is 6.08. The number of halogens is 1. The SMILES string of the molecule is Cc1cc(C)cc([CH]Cc2ccc(Oc3ccccc3Cl)c([N+](=O)[O-])c2)c1. The summed E-state index contributed by atoms with van der Waals surface area (Å²) in [4.78, 5) is 11.1. The van der Waals surface area contributed by atoms with Crippen molar-refractivity contribution in [2.45, 2.75) is 20.3 Å². The van der Waals surface area contributed by atoms with E-state index >= 15 is 0 Å². The Morgan fingerprint density at radius 1 is 1.00 bits per heavy atom. The van der Waals surface area contributed by atoms with E-state index in [0.717, 1.165) is 11.1 Å². The second-order valence-corrected chi connectivity index (χ2v) is 6.83. The van der Waals surface area contributed by atoms with Gasteiger partial charge in [-0.2, -0.15) is 0 Å². The van der Waals surface area contributed by atoms with Crippen LogP contribution in [-0.4, -0.2) is 4.92 Å². The van der Waals surface area contributed by atoms with Crippen LogP contribution < -0.4 is 4.74 Å². The van der Waals surface area contributed by atoms with Crippen LogP contribution in [0.3, 0.4) is 0 Å². The quantitative estimate of drug-likeness (QED) is 0.364. The van der Waals surface area contributed by atoms with Gasteiger partial charge in [-0.15, -0.1) is 0 Å². The van der Waals surface area contributed by atoms with Crippen LogP contribution in [0, 0.1) is 30.4 Å². The summed E-state index contributed by atoms with van der Waals surface area (Å²) in [6, 6.07) is 18.2. The Morgan fingerprint density at radius 3 is 2.37 bits per heavy atom. The zero-order valence-electron chi connectivity index (χ0n) is 15.1. The number of hydrogen-bond acceptors (Lipinski definition) is 3. The minimum Gasteiger partial charge on any atom is -0.449 e. The van der Waals surface area contributed by atoms with Crippen LogP contribution >= 0.6 is 11.6 Å². The molecule has 0 unspecified atom stereocenters. The van der Waals surface area contributed by atoms with E-state index in [0.29, 0.717) is 17.2 Å². The molecule has 0 aliphatic heterocycles. The smallest absolute Gasteiger partial charge is 0.311 e. The largest absolute Gasteiger partial charge is 0.449 e. The Morgan fingerprint density at radius 2 is 1.70 bits per heavy atom. The van der Waals surface area contributed by atoms with Gasteiger partial charge in [0.05, 0.1) is 9.95 Å². The molecule has 3 aromatic rings. The van der Waals surface area contributed by atoms with E-state index in [4.69, 9.17) is 16.3 Å². The maximum absolute atomic E-state index is 11.5. The van der Waals surface area contributed by atoms with Crippen molar-refractivity contribution in [3.05, 3.63) is 104 Å². The topological polar surface area (TPSA) is 52.4 Å². The average Bonchev–Trinajstić information content (AvgIpc) is 2.61. The van der Waals surface area contributed by atoms with Gasteiger partial charge in [0.25, 0.3) is 0 Å². The summed E-state index contributed by atoms with van der Waals surface area (Å²) in [7, 11) is 0. The molecule has 0 aliphatic rings. The number of benzene rings is 3. The molecule has 0 saturated heterocycles. The number of ether oxygens (including phenoxy) is 1. The molecule has 5 heteroatoms. The standard InChI is InChI=1S/C22H19ClNO3/c1-15-11-16(2)13-18(12-15)8-7-17-9-10-22(20(14-17)24(25)26)27-21-6-4-3-5-19(21)23/h3-6,8-14H,7H2,1-2H3. The minimum absolute atomic E-state index is 0.0822. The lowest BCUT2D eigenvalue weighted by molar-refractivity contribution is -0.385. The highest BCUT2D eigenvalue weighted by atomic mass is 35.5. The van der Waals surface area contributed by atoms with Crippen molar-refractivity contribution >= 4 is 17.3 Å². The second-order valence-electron chi connectivity index (χ2n) is 6.42. The van der Waals surface area contributed by atoms with Crippen molar-refractivity contribution in [2.75, 3.05) is 0 Å². The summed E-state index contributed by atoms with van der Waals surface area (Å²) in [5, 5.41) is 11.9. The van der Waals surface area contributed by atoms with Crippen LogP contribution in [0.2, 0.25) is 5.02 Å². The molecule has 0 saturated carbocycles. The molecule has 0 aliphatic carbocycles. The van der Waals surface area contributed by atoms with Crippen LogP contribution in [0.1, 0.15) is 22.3 Å². The zero-order valence-corrected chi connectivity index (χ0v) is 15.9. The lowest BCUT2D eigenvalue weighted by atomic mass is 10.0. The van der Waals surface area contributed by atoms with E-state index < -0.39 is 4.92 Å². The number of rotatable bonds is 6. The summed E-state index contributed by atoms with van der Waals surface area (Å²) in [6.45, 7) is 4.10. The summed E-state index contributed by atoms with van der Waals surface area (Å²) < 4.78 is 5.67. The van der Waals surface area contributed by atoms with Gasteiger partial charge in [-0.3, -0.25) is 10.1 Å². The van der Waals surface area contributed by atoms with Crippen LogP contribution in [0.4, 0.5) is 5.69 Å². The molecule has 1 radical (unpaired) electrons. The molecule has 3 aromatic carbocycles. The molecule has 0 N–H and O–H groups in total. The molecule has 0 fully saturated rings. The van der Waals surface area contributed by atoms with Crippen molar-refractivity contribution in [1.82, 2.24) is 0 Å². The first-order valence-corrected chi connectivity index (χ1v) is 8.91. The summed E-state index contributed by atoms with van der Waals surface area (Å²) in [5.74, 6) is 0.556. The first-order valence-electron chi connectivity index (χ1n) is 8.53. The Hall–Kier alpha value is -2.85. The number of hydrogen-bond donors (Lipinski definition) is 0. The van der Waals surface area contributed by atoms with Gasteiger partial charge in [0, 0.05) is 6.07 Å².